The Morgan fingerprint density at radius 3 is 0.800 bits per heavy atom. The fraction of sp³-hybridized carbons (Fsp3) is 0.859. The molecule has 0 spiro atoms. The van der Waals surface area contributed by atoms with Gasteiger partial charge in [-0.1, -0.05) is 276 Å². The summed E-state index contributed by atoms with van der Waals surface area (Å²) in [6.07, 6.45) is 71.6. The maximum Gasteiger partial charge on any atom is 0.306 e. The van der Waals surface area contributed by atoms with Crippen molar-refractivity contribution in [1.29, 1.82) is 0 Å². The first-order chi connectivity index (χ1) is 34.5. The molecule has 0 aliphatic rings. The minimum Gasteiger partial charge on any atom is -0.462 e. The van der Waals surface area contributed by atoms with Crippen LogP contribution in [-0.4, -0.2) is 37.2 Å². The Kier molecular flexibility index (Phi) is 57.2. The van der Waals surface area contributed by atoms with Crippen LogP contribution < -0.4 is 0 Å². The van der Waals surface area contributed by atoms with Crippen LogP contribution in [0.4, 0.5) is 0 Å². The van der Waals surface area contributed by atoms with Crippen molar-refractivity contribution in [1.82, 2.24) is 0 Å². The van der Waals surface area contributed by atoms with E-state index in [1.54, 1.807) is 0 Å². The second-order valence-electron chi connectivity index (χ2n) is 21.0. The second kappa shape index (κ2) is 59.2. The summed E-state index contributed by atoms with van der Waals surface area (Å²) in [7, 11) is 0. The van der Waals surface area contributed by atoms with Crippen LogP contribution in [0.5, 0.6) is 0 Å². The SMILES string of the molecule is CCCCCCC/C=C\C/C=C\CCCCCCCCCCCC(=O)OC(COC(=O)CCCCCCCCCC)COC(=O)CCCCCCCCCCCCC/C=C\CCCCCCCCCC. The van der Waals surface area contributed by atoms with Gasteiger partial charge >= 0.3 is 17.9 Å². The van der Waals surface area contributed by atoms with Gasteiger partial charge in [-0.3, -0.25) is 14.4 Å². The molecule has 6 nitrogen and oxygen atoms in total. The van der Waals surface area contributed by atoms with Crippen LogP contribution >= 0.6 is 0 Å². The Morgan fingerprint density at radius 2 is 0.514 bits per heavy atom. The lowest BCUT2D eigenvalue weighted by Gasteiger charge is -2.18. The molecular weight excluding hydrogens is 865 g/mol. The van der Waals surface area contributed by atoms with Crippen molar-refractivity contribution < 1.29 is 28.6 Å². The van der Waals surface area contributed by atoms with Gasteiger partial charge in [-0.05, 0) is 77.0 Å². The van der Waals surface area contributed by atoms with Gasteiger partial charge < -0.3 is 14.2 Å². The van der Waals surface area contributed by atoms with Gasteiger partial charge in [0.05, 0.1) is 0 Å². The molecule has 0 aromatic carbocycles. The van der Waals surface area contributed by atoms with E-state index in [0.717, 1.165) is 64.2 Å². The van der Waals surface area contributed by atoms with E-state index < -0.39 is 6.10 Å². The molecule has 0 rings (SSSR count). The molecule has 0 amide bonds. The van der Waals surface area contributed by atoms with E-state index in [1.165, 1.54) is 231 Å². The van der Waals surface area contributed by atoms with Crippen molar-refractivity contribution in [3.63, 3.8) is 0 Å². The zero-order valence-electron chi connectivity index (χ0n) is 47.1. The summed E-state index contributed by atoms with van der Waals surface area (Å²) in [6.45, 7) is 6.64. The van der Waals surface area contributed by atoms with Crippen LogP contribution in [0.2, 0.25) is 0 Å². The highest BCUT2D eigenvalue weighted by Gasteiger charge is 2.19. The van der Waals surface area contributed by atoms with Crippen LogP contribution in [0.1, 0.15) is 335 Å². The molecule has 410 valence electrons. The number of esters is 3. The molecule has 0 N–H and O–H groups in total. The van der Waals surface area contributed by atoms with Crippen molar-refractivity contribution in [3.05, 3.63) is 36.5 Å². The smallest absolute Gasteiger partial charge is 0.306 e. The van der Waals surface area contributed by atoms with Gasteiger partial charge in [0.2, 0.25) is 0 Å². The first-order valence-electron chi connectivity index (χ1n) is 31.0. The van der Waals surface area contributed by atoms with Gasteiger partial charge in [0.1, 0.15) is 13.2 Å². The highest BCUT2D eigenvalue weighted by Crippen LogP contribution is 2.17. The number of hydrogen-bond donors (Lipinski definition) is 0. The summed E-state index contributed by atoms with van der Waals surface area (Å²) < 4.78 is 16.9. The average molecular weight is 984 g/mol. The lowest BCUT2D eigenvalue weighted by atomic mass is 10.0. The maximum absolute atomic E-state index is 12.9. The van der Waals surface area contributed by atoms with Crippen molar-refractivity contribution >= 4 is 17.9 Å². The predicted octanol–water partition coefficient (Wildman–Crippen LogP) is 20.8. The van der Waals surface area contributed by atoms with E-state index in [-0.39, 0.29) is 31.1 Å². The molecule has 1 atom stereocenters. The third-order valence-corrected chi connectivity index (χ3v) is 13.9. The Bertz CT molecular complexity index is 1170. The van der Waals surface area contributed by atoms with E-state index in [4.69, 9.17) is 14.2 Å². The van der Waals surface area contributed by atoms with Gasteiger partial charge in [-0.25, -0.2) is 0 Å². The second-order valence-corrected chi connectivity index (χ2v) is 21.0. The maximum atomic E-state index is 12.9. The number of unbranched alkanes of at least 4 members (excludes halogenated alkanes) is 40. The molecule has 0 heterocycles. The molecule has 0 fully saturated rings. The van der Waals surface area contributed by atoms with Gasteiger partial charge in [0, 0.05) is 19.3 Å². The zero-order valence-corrected chi connectivity index (χ0v) is 47.1. The molecule has 0 aromatic rings. The first kappa shape index (κ1) is 67.6. The van der Waals surface area contributed by atoms with E-state index in [2.05, 4.69) is 57.2 Å². The molecular formula is C64H118O6. The molecule has 70 heavy (non-hydrogen) atoms. The monoisotopic (exact) mass is 983 g/mol. The molecule has 0 aliphatic heterocycles. The quantitative estimate of drug-likeness (QED) is 0.0261. The van der Waals surface area contributed by atoms with Crippen molar-refractivity contribution in [3.8, 4) is 0 Å². The molecule has 0 aromatic heterocycles. The summed E-state index contributed by atoms with van der Waals surface area (Å²) in [5.41, 5.74) is 0. The average Bonchev–Trinajstić information content (AvgIpc) is 3.36. The number of ether oxygens (including phenoxy) is 3. The molecule has 1 unspecified atom stereocenters. The third-order valence-electron chi connectivity index (χ3n) is 13.9. The third kappa shape index (κ3) is 56.5. The summed E-state index contributed by atoms with van der Waals surface area (Å²) in [5.74, 6) is -0.862. The summed E-state index contributed by atoms with van der Waals surface area (Å²) in [4.78, 5) is 38.1. The predicted molar refractivity (Wildman–Crippen MR) is 302 cm³/mol. The summed E-state index contributed by atoms with van der Waals surface area (Å²) in [5, 5.41) is 0. The minimum absolute atomic E-state index is 0.0708. The van der Waals surface area contributed by atoms with Gasteiger partial charge in [-0.2, -0.15) is 0 Å². The largest absolute Gasteiger partial charge is 0.462 e. The van der Waals surface area contributed by atoms with Gasteiger partial charge in [0.25, 0.3) is 0 Å². The molecule has 0 bridgehead atoms. The van der Waals surface area contributed by atoms with Gasteiger partial charge in [-0.15, -0.1) is 0 Å². The Morgan fingerprint density at radius 1 is 0.286 bits per heavy atom. The van der Waals surface area contributed by atoms with Gasteiger partial charge in [0.15, 0.2) is 6.10 Å². The standard InChI is InChI=1S/C64H118O6/c1-4-7-10-13-16-19-21-23-25-27-29-31-32-34-35-37-39-41-43-45-48-51-54-57-63(66)69-60-61(59-68-62(65)56-53-50-47-18-15-12-9-6-3)70-64(67)58-55-52-49-46-44-42-40-38-36-33-30-28-26-24-22-20-17-14-11-8-5-2/h22,24,27-30,61H,4-21,23,25-26,31-60H2,1-3H3/b24-22-,29-27-,30-28-. The normalized spacial score (nSPS) is 12.2. The number of carbonyl (C=O) groups is 3. The van der Waals surface area contributed by atoms with Crippen LogP contribution in [-0.2, 0) is 28.6 Å². The highest BCUT2D eigenvalue weighted by molar-refractivity contribution is 5.71. The summed E-state index contributed by atoms with van der Waals surface area (Å²) in [6, 6.07) is 0. The number of carbonyl (C=O) groups excluding carboxylic acids is 3. The van der Waals surface area contributed by atoms with Crippen molar-refractivity contribution in [2.45, 2.75) is 341 Å². The van der Waals surface area contributed by atoms with Crippen molar-refractivity contribution in [2.24, 2.45) is 0 Å². The Labute approximate surface area is 435 Å². The fourth-order valence-corrected chi connectivity index (χ4v) is 9.18. The van der Waals surface area contributed by atoms with Crippen LogP contribution in [0.25, 0.3) is 0 Å². The Balaban J connectivity index is 4.17. The fourth-order valence-electron chi connectivity index (χ4n) is 9.18. The minimum atomic E-state index is -0.771. The van der Waals surface area contributed by atoms with E-state index in [9.17, 15) is 14.4 Å². The molecule has 0 saturated heterocycles. The van der Waals surface area contributed by atoms with Crippen LogP contribution in [0.15, 0.2) is 36.5 Å². The van der Waals surface area contributed by atoms with E-state index in [1.807, 2.05) is 0 Å². The Hall–Kier alpha value is -2.37. The lowest BCUT2D eigenvalue weighted by Crippen LogP contribution is -2.30. The highest BCUT2D eigenvalue weighted by atomic mass is 16.6. The topological polar surface area (TPSA) is 78.9 Å². The summed E-state index contributed by atoms with van der Waals surface area (Å²) >= 11 is 0. The van der Waals surface area contributed by atoms with Crippen molar-refractivity contribution in [2.75, 3.05) is 13.2 Å². The van der Waals surface area contributed by atoms with E-state index in [0.29, 0.717) is 19.3 Å². The number of rotatable bonds is 57. The van der Waals surface area contributed by atoms with Crippen LogP contribution in [0.3, 0.4) is 0 Å². The van der Waals surface area contributed by atoms with E-state index >= 15 is 0 Å². The molecule has 6 heteroatoms. The number of hydrogen-bond acceptors (Lipinski definition) is 6. The number of allylic oxidation sites excluding steroid dienone is 6. The zero-order chi connectivity index (χ0) is 50.7. The molecule has 0 radical (unpaired) electrons. The first-order valence-corrected chi connectivity index (χ1v) is 31.0. The van der Waals surface area contributed by atoms with Crippen LogP contribution in [0, 0.1) is 0 Å². The molecule has 0 aliphatic carbocycles. The lowest BCUT2D eigenvalue weighted by molar-refractivity contribution is -0.167. The molecule has 0 saturated carbocycles.